The van der Waals surface area contributed by atoms with Crippen LogP contribution in [0.5, 0.6) is 5.75 Å². The zero-order chi connectivity index (χ0) is 13.1. The van der Waals surface area contributed by atoms with E-state index in [-0.39, 0.29) is 17.7 Å². The number of aromatic hydroxyl groups is 1. The van der Waals surface area contributed by atoms with Crippen LogP contribution in [0, 0.1) is 14.9 Å². The Morgan fingerprint density at radius 2 is 2.28 bits per heavy atom. The van der Waals surface area contributed by atoms with Crippen molar-refractivity contribution in [2.75, 3.05) is 6.54 Å². The molecule has 1 aromatic rings. The van der Waals surface area contributed by atoms with Gasteiger partial charge in [-0.25, -0.2) is 0 Å². The molecule has 1 aliphatic carbocycles. The number of phenolic OH excluding ortho intramolecular Hbond substituents is 1. The first kappa shape index (κ1) is 13.1. The smallest absolute Gasteiger partial charge is 0.254 e. The van der Waals surface area contributed by atoms with Crippen molar-refractivity contribution in [2.24, 2.45) is 0 Å². The maximum atomic E-state index is 12.3. The van der Waals surface area contributed by atoms with Gasteiger partial charge in [0.15, 0.2) is 0 Å². The number of carbonyl (C=O) groups is 1. The molecule has 5 heteroatoms. The maximum absolute atomic E-state index is 12.3. The summed E-state index contributed by atoms with van der Waals surface area (Å²) < 4.78 is 0.721. The number of hydrogen-bond acceptors (Lipinski definition) is 3. The summed E-state index contributed by atoms with van der Waals surface area (Å²) in [4.78, 5) is 14.0. The molecule has 1 aromatic carbocycles. The number of carbonyl (C=O) groups excluding carboxylic acids is 1. The van der Waals surface area contributed by atoms with Gasteiger partial charge in [-0.1, -0.05) is 0 Å². The van der Waals surface area contributed by atoms with Gasteiger partial charge in [-0.2, -0.15) is 5.26 Å². The SMILES string of the molecule is N#CCCN(C(=O)c1ccc(I)c(O)c1)C1CC1. The molecule has 1 amide bonds. The monoisotopic (exact) mass is 356 g/mol. The molecule has 1 aliphatic rings. The molecule has 1 fully saturated rings. The number of rotatable bonds is 4. The van der Waals surface area contributed by atoms with Crippen LogP contribution < -0.4 is 0 Å². The molecule has 0 saturated heterocycles. The fourth-order valence-corrected chi connectivity index (χ4v) is 2.15. The van der Waals surface area contributed by atoms with Crippen molar-refractivity contribution < 1.29 is 9.90 Å². The predicted octanol–water partition coefficient (Wildman–Crippen LogP) is 2.52. The summed E-state index contributed by atoms with van der Waals surface area (Å²) in [6.45, 7) is 0.465. The predicted molar refractivity (Wildman–Crippen MR) is 75.1 cm³/mol. The van der Waals surface area contributed by atoms with Crippen LogP contribution in [-0.2, 0) is 0 Å². The molecule has 0 radical (unpaired) electrons. The third-order valence-corrected chi connectivity index (χ3v) is 3.82. The summed E-state index contributed by atoms with van der Waals surface area (Å²) >= 11 is 2.01. The Morgan fingerprint density at radius 1 is 1.56 bits per heavy atom. The first-order chi connectivity index (χ1) is 8.63. The molecule has 2 rings (SSSR count). The first-order valence-electron chi connectivity index (χ1n) is 5.80. The lowest BCUT2D eigenvalue weighted by molar-refractivity contribution is 0.0746. The first-order valence-corrected chi connectivity index (χ1v) is 6.88. The topological polar surface area (TPSA) is 64.3 Å². The summed E-state index contributed by atoms with van der Waals surface area (Å²) in [7, 11) is 0. The van der Waals surface area contributed by atoms with Gasteiger partial charge in [0.2, 0.25) is 0 Å². The Morgan fingerprint density at radius 3 is 2.83 bits per heavy atom. The third kappa shape index (κ3) is 2.93. The van der Waals surface area contributed by atoms with Crippen molar-refractivity contribution in [1.29, 1.82) is 5.26 Å². The Bertz CT molecular complexity index is 506. The Balaban J connectivity index is 2.17. The van der Waals surface area contributed by atoms with Gasteiger partial charge in [-0.15, -0.1) is 0 Å². The standard InChI is InChI=1S/C13H13IN2O2/c14-11-5-2-9(8-12(11)17)13(18)16(7-1-6-15)10-3-4-10/h2,5,8,10,17H,1,3-4,7H2. The molecular weight excluding hydrogens is 343 g/mol. The second kappa shape index (κ2) is 5.57. The quantitative estimate of drug-likeness (QED) is 0.844. The Labute approximate surface area is 119 Å². The lowest BCUT2D eigenvalue weighted by Gasteiger charge is -2.21. The second-order valence-electron chi connectivity index (χ2n) is 4.30. The van der Waals surface area contributed by atoms with Crippen LogP contribution >= 0.6 is 22.6 Å². The lowest BCUT2D eigenvalue weighted by atomic mass is 10.2. The van der Waals surface area contributed by atoms with Gasteiger partial charge in [-0.3, -0.25) is 4.79 Å². The molecule has 0 atom stereocenters. The molecular formula is C13H13IN2O2. The molecule has 18 heavy (non-hydrogen) atoms. The Hall–Kier alpha value is -1.29. The van der Waals surface area contributed by atoms with Gasteiger partial charge in [-0.05, 0) is 53.6 Å². The number of phenols is 1. The van der Waals surface area contributed by atoms with E-state index in [0.29, 0.717) is 18.5 Å². The van der Waals surface area contributed by atoms with Gasteiger partial charge in [0.25, 0.3) is 5.91 Å². The maximum Gasteiger partial charge on any atom is 0.254 e. The highest BCUT2D eigenvalue weighted by Gasteiger charge is 2.32. The minimum atomic E-state index is -0.0977. The van der Waals surface area contributed by atoms with Gasteiger partial charge < -0.3 is 10.0 Å². The van der Waals surface area contributed by atoms with E-state index in [4.69, 9.17) is 5.26 Å². The second-order valence-corrected chi connectivity index (χ2v) is 5.47. The van der Waals surface area contributed by atoms with E-state index < -0.39 is 0 Å². The van der Waals surface area contributed by atoms with Gasteiger partial charge in [0, 0.05) is 18.2 Å². The fourth-order valence-electron chi connectivity index (χ4n) is 1.82. The molecule has 0 bridgehead atoms. The number of nitrogens with zero attached hydrogens (tertiary/aromatic N) is 2. The summed E-state index contributed by atoms with van der Waals surface area (Å²) in [5, 5.41) is 18.3. The molecule has 0 unspecified atom stereocenters. The van der Waals surface area contributed by atoms with Crippen molar-refractivity contribution in [3.05, 3.63) is 27.3 Å². The molecule has 0 spiro atoms. The van der Waals surface area contributed by atoms with E-state index in [1.54, 1.807) is 17.0 Å². The van der Waals surface area contributed by atoms with E-state index in [0.717, 1.165) is 16.4 Å². The highest BCUT2D eigenvalue weighted by atomic mass is 127. The van der Waals surface area contributed by atoms with Crippen molar-refractivity contribution in [1.82, 2.24) is 4.90 Å². The van der Waals surface area contributed by atoms with Gasteiger partial charge in [0.05, 0.1) is 16.1 Å². The van der Waals surface area contributed by atoms with Crippen LogP contribution in [0.3, 0.4) is 0 Å². The van der Waals surface area contributed by atoms with Gasteiger partial charge in [0.1, 0.15) is 5.75 Å². The summed E-state index contributed by atoms with van der Waals surface area (Å²) in [6.07, 6.45) is 2.36. The number of benzene rings is 1. The summed E-state index contributed by atoms with van der Waals surface area (Å²) in [5.41, 5.74) is 0.484. The van der Waals surface area contributed by atoms with Crippen LogP contribution in [0.25, 0.3) is 0 Å². The van der Waals surface area contributed by atoms with Crippen LogP contribution in [0.1, 0.15) is 29.6 Å². The number of nitriles is 1. The number of halogens is 1. The third-order valence-electron chi connectivity index (χ3n) is 2.91. The minimum absolute atomic E-state index is 0.0977. The van der Waals surface area contributed by atoms with E-state index in [2.05, 4.69) is 6.07 Å². The summed E-state index contributed by atoms with van der Waals surface area (Å²) in [5.74, 6) is 0.0249. The van der Waals surface area contributed by atoms with Crippen molar-refractivity contribution in [3.63, 3.8) is 0 Å². The minimum Gasteiger partial charge on any atom is -0.507 e. The van der Waals surface area contributed by atoms with E-state index in [9.17, 15) is 9.90 Å². The molecule has 1 N–H and O–H groups in total. The highest BCUT2D eigenvalue weighted by molar-refractivity contribution is 14.1. The largest absolute Gasteiger partial charge is 0.507 e. The van der Waals surface area contributed by atoms with Crippen molar-refractivity contribution >= 4 is 28.5 Å². The normalized spacial score (nSPS) is 14.0. The number of amides is 1. The van der Waals surface area contributed by atoms with Crippen LogP contribution in [-0.4, -0.2) is 28.5 Å². The van der Waals surface area contributed by atoms with E-state index in [1.165, 1.54) is 6.07 Å². The average Bonchev–Trinajstić information content (AvgIpc) is 3.17. The lowest BCUT2D eigenvalue weighted by Crippen LogP contribution is -2.33. The van der Waals surface area contributed by atoms with Gasteiger partial charge >= 0.3 is 0 Å². The van der Waals surface area contributed by atoms with E-state index >= 15 is 0 Å². The van der Waals surface area contributed by atoms with Crippen LogP contribution in [0.4, 0.5) is 0 Å². The fraction of sp³-hybridized carbons (Fsp3) is 0.385. The van der Waals surface area contributed by atoms with Crippen LogP contribution in [0.15, 0.2) is 18.2 Å². The number of hydrogen-bond donors (Lipinski definition) is 1. The molecule has 0 aromatic heterocycles. The highest BCUT2D eigenvalue weighted by Crippen LogP contribution is 2.29. The molecule has 0 heterocycles. The average molecular weight is 356 g/mol. The zero-order valence-corrected chi connectivity index (χ0v) is 11.9. The molecule has 1 saturated carbocycles. The Kier molecular flexibility index (Phi) is 4.07. The molecule has 94 valence electrons. The van der Waals surface area contributed by atoms with E-state index in [1.807, 2.05) is 22.6 Å². The molecule has 0 aliphatic heterocycles. The van der Waals surface area contributed by atoms with Crippen LogP contribution in [0.2, 0.25) is 0 Å². The van der Waals surface area contributed by atoms with Crippen molar-refractivity contribution in [2.45, 2.75) is 25.3 Å². The summed E-state index contributed by atoms with van der Waals surface area (Å²) in [6, 6.07) is 7.26. The molecule has 4 nitrogen and oxygen atoms in total. The van der Waals surface area contributed by atoms with Crippen molar-refractivity contribution in [3.8, 4) is 11.8 Å². The zero-order valence-electron chi connectivity index (χ0n) is 9.77.